The van der Waals surface area contributed by atoms with E-state index in [9.17, 15) is 24.0 Å². The van der Waals surface area contributed by atoms with Crippen LogP contribution in [0.3, 0.4) is 0 Å². The number of hydrogen-bond donors (Lipinski definition) is 3. The highest BCUT2D eigenvalue weighted by atomic mass is 31.2. The number of para-hydroxylation sites is 3. The van der Waals surface area contributed by atoms with Gasteiger partial charge in [-0.1, -0.05) is 206 Å². The lowest BCUT2D eigenvalue weighted by Crippen LogP contribution is -2.32. The summed E-state index contributed by atoms with van der Waals surface area (Å²) in [5.41, 5.74) is 1.22. The summed E-state index contributed by atoms with van der Waals surface area (Å²) in [7, 11) is 21.7. The van der Waals surface area contributed by atoms with Gasteiger partial charge < -0.3 is 38.6 Å². The van der Waals surface area contributed by atoms with Crippen molar-refractivity contribution < 1.29 is 62.6 Å². The van der Waals surface area contributed by atoms with Crippen molar-refractivity contribution >= 4 is 139 Å². The number of aryl methyl sites for hydroxylation is 1. The highest BCUT2D eigenvalue weighted by Crippen LogP contribution is 2.54. The van der Waals surface area contributed by atoms with E-state index in [1.807, 2.05) is 91.0 Å². The van der Waals surface area contributed by atoms with Gasteiger partial charge in [-0.2, -0.15) is 0 Å². The molecule has 0 aromatic heterocycles. The van der Waals surface area contributed by atoms with Crippen molar-refractivity contribution in [3.8, 4) is 17.2 Å². The van der Waals surface area contributed by atoms with Gasteiger partial charge in [-0.05, 0) is 125 Å². The van der Waals surface area contributed by atoms with E-state index in [-0.39, 0.29) is 23.0 Å². The second kappa shape index (κ2) is 40.3. The highest BCUT2D eigenvalue weighted by Gasteiger charge is 2.43. The normalized spacial score (nSPS) is 10.3. The quantitative estimate of drug-likeness (QED) is 0.0914. The molecule has 13 nitrogen and oxygen atoms in total. The maximum Gasteiger partial charge on any atom is 0.660 e. The van der Waals surface area contributed by atoms with Gasteiger partial charge in [-0.15, -0.1) is 27.7 Å². The molecule has 11 aromatic carbocycles. The average molecular weight is 1300 g/mol. The summed E-state index contributed by atoms with van der Waals surface area (Å²) in [6, 6.07) is 91.1. The molecule has 1 aliphatic rings. The number of phenolic OH excluding ortho intramolecular Hbond substituents is 1. The van der Waals surface area contributed by atoms with Crippen molar-refractivity contribution in [2.75, 3.05) is 6.16 Å². The first-order chi connectivity index (χ1) is 45.0. The topological polar surface area (TPSA) is 192 Å². The van der Waals surface area contributed by atoms with Gasteiger partial charge in [0.1, 0.15) is 34.7 Å². The van der Waals surface area contributed by atoms with Crippen LogP contribution in [0.4, 0.5) is 0 Å². The van der Waals surface area contributed by atoms with E-state index < -0.39 is 42.3 Å². The fourth-order valence-electron chi connectivity index (χ4n) is 8.56. The lowest BCUT2D eigenvalue weighted by Gasteiger charge is -2.26. The number of carboxylic acids is 2. The van der Waals surface area contributed by atoms with Crippen molar-refractivity contribution in [2.24, 2.45) is 0 Å². The molecular weight excluding hydrogens is 1240 g/mol. The number of carbonyl (C=O) groups is 5. The van der Waals surface area contributed by atoms with Crippen LogP contribution in [-0.2, 0) is 14.0 Å². The van der Waals surface area contributed by atoms with Crippen LogP contribution >= 0.6 is 35.0 Å². The first-order valence-electron chi connectivity index (χ1n) is 28.3. The summed E-state index contributed by atoms with van der Waals surface area (Å²) >= 11 is 0. The molecule has 3 atom stereocenters. The van der Waals surface area contributed by atoms with Crippen molar-refractivity contribution in [3.05, 3.63) is 318 Å². The number of carboxylic acid groups (broad SMARTS) is 2. The minimum absolute atomic E-state index is 0.0556. The average Bonchev–Trinajstić information content (AvgIpc) is 0.780. The smallest absolute Gasteiger partial charge is 0.565 e. The van der Waals surface area contributed by atoms with Crippen LogP contribution in [-0.4, -0.2) is 83.2 Å². The van der Waals surface area contributed by atoms with E-state index >= 15 is 0 Å². The zero-order valence-corrected chi connectivity index (χ0v) is 55.1. The van der Waals surface area contributed by atoms with E-state index in [0.717, 1.165) is 42.8 Å². The fraction of sp³-hybridized carbons (Fsp3) is 0.0417. The Morgan fingerprint density at radius 3 is 1.34 bits per heavy atom. The highest BCUT2D eigenvalue weighted by molar-refractivity contribution is 7.95. The van der Waals surface area contributed by atoms with Gasteiger partial charge in [-0.25, -0.2) is 24.0 Å². The molecule has 3 unspecified atom stereocenters. The summed E-state index contributed by atoms with van der Waals surface area (Å²) in [4.78, 5) is 54.6. The van der Waals surface area contributed by atoms with Gasteiger partial charge in [0.25, 0.3) is 0 Å². The van der Waals surface area contributed by atoms with Crippen molar-refractivity contribution in [2.45, 2.75) is 13.8 Å². The van der Waals surface area contributed by atoms with Crippen molar-refractivity contribution in [1.29, 1.82) is 0 Å². The van der Waals surface area contributed by atoms with Gasteiger partial charge in [-0.3, -0.25) is 0 Å². The van der Waals surface area contributed by atoms with E-state index in [1.54, 1.807) is 54.6 Å². The number of hydrogen-bond acceptors (Lipinski definition) is 11. The van der Waals surface area contributed by atoms with Crippen molar-refractivity contribution in [3.63, 3.8) is 0 Å². The van der Waals surface area contributed by atoms with E-state index in [1.165, 1.54) is 43.5 Å². The molecule has 0 aliphatic carbocycles. The molecule has 3 N–H and O–H groups in total. The first-order valence-corrected chi connectivity index (χ1v) is 32.0. The lowest BCUT2D eigenvalue weighted by molar-refractivity contribution is 0.0650. The minimum atomic E-state index is -1.53. The van der Waals surface area contributed by atoms with Gasteiger partial charge >= 0.3 is 61.7 Å². The molecule has 0 amide bonds. The third-order valence-corrected chi connectivity index (χ3v) is 18.8. The SMILES string of the molecule is CC[P+](c1ccccc1)(c1ccccc1)c1ccccc1.Cc1ccc(P)cc1.O=C1O[B]Oc2ccccc21.Pc1ccccc1.Pc1ccccc1.[B]OC(=O)c1ccc(C(=O)O)c(C(=O)O)c1.[B]OC(=O)c1cccc2ccccc12.[B]Oc1ccccc1O. The van der Waals surface area contributed by atoms with Crippen LogP contribution in [0.5, 0.6) is 17.2 Å². The molecule has 0 saturated carbocycles. The molecule has 461 valence electrons. The second-order valence-corrected chi connectivity index (χ2v) is 25.1. The number of aromatic carboxylic acids is 2. The maximum absolute atomic E-state index is 11.3. The number of carbonyl (C=O) groups excluding carboxylic acids is 3. The van der Waals surface area contributed by atoms with Crippen LogP contribution in [0.15, 0.2) is 285 Å². The maximum atomic E-state index is 11.3. The summed E-state index contributed by atoms with van der Waals surface area (Å²) < 4.78 is 21.8. The summed E-state index contributed by atoms with van der Waals surface area (Å²) in [5, 5.41) is 36.3. The molecule has 0 saturated heterocycles. The number of benzene rings is 11. The molecule has 7 radical (unpaired) electrons. The zero-order chi connectivity index (χ0) is 67.4. The Kier molecular flexibility index (Phi) is 32.1. The Labute approximate surface area is 554 Å². The van der Waals surface area contributed by atoms with Crippen molar-refractivity contribution in [1.82, 2.24) is 0 Å². The molecule has 0 bridgehead atoms. The standard InChI is InChI=1S/C20H20P.C11H7BO2.C9H5BO6.C7H4BO3.C7H9P.C6H5BO2.2C6H7P/c1-2-21(18-12-6-3-7-13-18,19-14-8-4-9-15-19)20-16-10-5-11-17-20;12-14-11(13)10-7-3-5-8-4-1-2-6-9(8)10;10-16-9(15)4-1-2-5(7(11)12)6(3-4)8(13)14;9-7-5-3-1-2-4-6(5)10-8-11-7;1-6-2-4-7(8)5-3-6;7-9-6-4-2-1-3-5(6)8;2*7-6-4-2-1-3-5-6/h3-17H,2H2,1H3;1-7H;1-3H,(H,11,12)(H,13,14);1-4H;2-5H,8H2,1H3;1-4,8H;2*1-5H,7H2/q+1;;;;;;;. The Morgan fingerprint density at radius 1 is 0.473 bits per heavy atom. The zero-order valence-electron chi connectivity index (χ0n) is 50.8. The Bertz CT molecular complexity index is 3930. The third kappa shape index (κ3) is 23.9. The summed E-state index contributed by atoms with van der Waals surface area (Å²) in [6.07, 6.45) is 1.14. The van der Waals surface area contributed by atoms with Crippen LogP contribution in [0.2, 0.25) is 0 Å². The molecule has 0 spiro atoms. The van der Waals surface area contributed by atoms with Crippen LogP contribution in [0.25, 0.3) is 10.8 Å². The molecule has 1 aliphatic heterocycles. The largest absolute Gasteiger partial charge is 0.660 e. The fourth-order valence-corrected chi connectivity index (χ4v) is 13.2. The number of fused-ring (bicyclic) bond motifs is 2. The molecular formula is C72H64B4O13P4+. The second-order valence-electron chi connectivity index (χ2n) is 19.3. The lowest BCUT2D eigenvalue weighted by atomic mass is 10.0. The molecule has 0 fully saturated rings. The van der Waals surface area contributed by atoms with Crippen LogP contribution < -0.4 is 41.1 Å². The molecule has 12 rings (SSSR count). The van der Waals surface area contributed by atoms with Gasteiger partial charge in [0.05, 0.1) is 34.0 Å². The molecule has 11 aromatic rings. The summed E-state index contributed by atoms with van der Waals surface area (Å²) in [5.74, 6) is -3.79. The molecule has 1 heterocycles. The number of phenols is 1. The van der Waals surface area contributed by atoms with Crippen LogP contribution in [0.1, 0.15) is 64.3 Å². The molecule has 93 heavy (non-hydrogen) atoms. The van der Waals surface area contributed by atoms with E-state index in [0.29, 0.717) is 16.9 Å². The van der Waals surface area contributed by atoms with Crippen LogP contribution in [0, 0.1) is 6.92 Å². The Hall–Kier alpha value is -9.59. The Balaban J connectivity index is 0.000000198. The predicted molar refractivity (Wildman–Crippen MR) is 387 cm³/mol. The predicted octanol–water partition coefficient (Wildman–Crippen LogP) is 11.9. The van der Waals surface area contributed by atoms with Gasteiger partial charge in [0.2, 0.25) is 0 Å². The Morgan fingerprint density at radius 2 is 0.914 bits per heavy atom. The summed E-state index contributed by atoms with van der Waals surface area (Å²) in [6.45, 7) is 4.41. The number of aromatic hydroxyl groups is 1. The number of rotatable bonds is 9. The van der Waals surface area contributed by atoms with E-state index in [4.69, 9.17) is 36.1 Å². The van der Waals surface area contributed by atoms with Gasteiger partial charge in [0, 0.05) is 0 Å². The third-order valence-electron chi connectivity index (χ3n) is 13.1. The van der Waals surface area contributed by atoms with E-state index in [2.05, 4.69) is 183 Å². The monoisotopic (exact) mass is 1300 g/mol. The van der Waals surface area contributed by atoms with Gasteiger partial charge in [0.15, 0.2) is 5.75 Å². The molecule has 21 heteroatoms. The minimum Gasteiger partial charge on any atom is -0.565 e. The first kappa shape index (κ1) is 74.1.